The maximum Gasteiger partial charge on any atom is 0.199 e. The highest BCUT2D eigenvalue weighted by Crippen LogP contribution is 2.54. The van der Waals surface area contributed by atoms with E-state index in [1.54, 1.807) is 12.1 Å². The molecule has 2 atom stereocenters. The van der Waals surface area contributed by atoms with Crippen molar-refractivity contribution >= 4 is 23.8 Å². The molecule has 0 aliphatic heterocycles. The number of hydrogen-bond acceptors (Lipinski definition) is 2. The van der Waals surface area contributed by atoms with E-state index >= 15 is 0 Å². The molecule has 23 heavy (non-hydrogen) atoms. The summed E-state index contributed by atoms with van der Waals surface area (Å²) < 4.78 is 15.6. The minimum Gasteiger partial charge on any atom is -0.272 e. The minimum absolute atomic E-state index is 0.268. The maximum atomic E-state index is 13.1. The van der Waals surface area contributed by atoms with Crippen molar-refractivity contribution in [1.29, 1.82) is 0 Å². The summed E-state index contributed by atoms with van der Waals surface area (Å²) in [5.41, 5.74) is 2.07. The smallest absolute Gasteiger partial charge is 0.199 e. The van der Waals surface area contributed by atoms with Crippen LogP contribution in [0.4, 0.5) is 4.39 Å². The fourth-order valence-corrected chi connectivity index (χ4v) is 3.33. The monoisotopic (exact) mass is 345 g/mol. The standard InChI is InChI=1S/C17H13ClFN3S/c18-11-3-1-10(2-4-11)14-9-15(14)16-20-21-17(23)22(16)13-7-5-12(19)6-8-13/h1-8,14-15H,9H2,(H,21,23). The quantitative estimate of drug-likeness (QED) is 0.678. The lowest BCUT2D eigenvalue weighted by Gasteiger charge is -2.07. The molecule has 0 radical (unpaired) electrons. The molecule has 1 saturated carbocycles. The van der Waals surface area contributed by atoms with Gasteiger partial charge in [0.15, 0.2) is 4.77 Å². The molecule has 6 heteroatoms. The fraction of sp³-hybridized carbons (Fsp3) is 0.176. The van der Waals surface area contributed by atoms with Crippen molar-refractivity contribution in [3.63, 3.8) is 0 Å². The molecular formula is C17H13ClFN3S. The summed E-state index contributed by atoms with van der Waals surface area (Å²) in [6.45, 7) is 0. The average Bonchev–Trinajstić information content (AvgIpc) is 3.25. The number of benzene rings is 2. The van der Waals surface area contributed by atoms with Gasteiger partial charge in [-0.05, 0) is 66.5 Å². The Kier molecular flexibility index (Phi) is 3.54. The van der Waals surface area contributed by atoms with E-state index in [2.05, 4.69) is 22.3 Å². The Labute approximate surface area is 142 Å². The molecule has 2 aromatic carbocycles. The van der Waals surface area contributed by atoms with E-state index in [-0.39, 0.29) is 5.82 Å². The first kappa shape index (κ1) is 14.6. The van der Waals surface area contributed by atoms with Gasteiger partial charge in [-0.25, -0.2) is 4.39 Å². The Bertz CT molecular complexity index is 899. The zero-order valence-electron chi connectivity index (χ0n) is 12.0. The van der Waals surface area contributed by atoms with Crippen LogP contribution in [0, 0.1) is 10.6 Å². The van der Waals surface area contributed by atoms with Gasteiger partial charge in [-0.1, -0.05) is 23.7 Å². The van der Waals surface area contributed by atoms with E-state index in [1.165, 1.54) is 17.7 Å². The van der Waals surface area contributed by atoms with Crippen molar-refractivity contribution in [2.75, 3.05) is 0 Å². The second-order valence-corrected chi connectivity index (χ2v) is 6.52. The van der Waals surface area contributed by atoms with Crippen LogP contribution in [0.2, 0.25) is 5.02 Å². The summed E-state index contributed by atoms with van der Waals surface area (Å²) in [4.78, 5) is 0. The van der Waals surface area contributed by atoms with Gasteiger partial charge in [0.1, 0.15) is 11.6 Å². The molecule has 3 aromatic rings. The van der Waals surface area contributed by atoms with Crippen LogP contribution < -0.4 is 0 Å². The lowest BCUT2D eigenvalue weighted by molar-refractivity contribution is 0.627. The first-order valence-corrected chi connectivity index (χ1v) is 8.11. The number of rotatable bonds is 3. The molecule has 3 nitrogen and oxygen atoms in total. The lowest BCUT2D eigenvalue weighted by Crippen LogP contribution is -2.01. The van der Waals surface area contributed by atoms with Gasteiger partial charge < -0.3 is 0 Å². The van der Waals surface area contributed by atoms with E-state index in [1.807, 2.05) is 16.7 Å². The second kappa shape index (κ2) is 5.58. The molecule has 1 aliphatic rings. The van der Waals surface area contributed by atoms with E-state index in [0.717, 1.165) is 23.0 Å². The van der Waals surface area contributed by atoms with Gasteiger partial charge in [0.25, 0.3) is 0 Å². The fourth-order valence-electron chi connectivity index (χ4n) is 2.96. The topological polar surface area (TPSA) is 33.6 Å². The highest BCUT2D eigenvalue weighted by atomic mass is 35.5. The number of aromatic amines is 1. The normalized spacial score (nSPS) is 19.7. The SMILES string of the molecule is Fc1ccc(-n2c(C3CC3c3ccc(Cl)cc3)n[nH]c2=S)cc1. The van der Waals surface area contributed by atoms with Crippen LogP contribution in [0.25, 0.3) is 5.69 Å². The van der Waals surface area contributed by atoms with Gasteiger partial charge in [0.05, 0.1) is 0 Å². The number of nitrogens with one attached hydrogen (secondary N) is 1. The molecular weight excluding hydrogens is 333 g/mol. The minimum atomic E-state index is -0.268. The molecule has 116 valence electrons. The molecule has 4 rings (SSSR count). The molecule has 0 saturated heterocycles. The van der Waals surface area contributed by atoms with Crippen LogP contribution in [0.1, 0.15) is 29.6 Å². The van der Waals surface area contributed by atoms with Crippen LogP contribution >= 0.6 is 23.8 Å². The van der Waals surface area contributed by atoms with Crippen LogP contribution in [-0.2, 0) is 0 Å². The van der Waals surface area contributed by atoms with Crippen LogP contribution in [0.3, 0.4) is 0 Å². The largest absolute Gasteiger partial charge is 0.272 e. The lowest BCUT2D eigenvalue weighted by atomic mass is 10.1. The summed E-state index contributed by atoms with van der Waals surface area (Å²) in [5.74, 6) is 1.34. The molecule has 0 bridgehead atoms. The zero-order chi connectivity index (χ0) is 16.0. The highest BCUT2D eigenvalue weighted by Gasteiger charge is 2.43. The third-order valence-electron chi connectivity index (χ3n) is 4.20. The van der Waals surface area contributed by atoms with Crippen molar-refractivity contribution in [2.24, 2.45) is 0 Å². The summed E-state index contributed by atoms with van der Waals surface area (Å²) >= 11 is 11.3. The Morgan fingerprint density at radius 3 is 2.48 bits per heavy atom. The second-order valence-electron chi connectivity index (χ2n) is 5.70. The van der Waals surface area contributed by atoms with Crippen molar-refractivity contribution in [2.45, 2.75) is 18.3 Å². The number of halogens is 2. The molecule has 1 heterocycles. The Balaban J connectivity index is 1.68. The predicted octanol–water partition coefficient (Wildman–Crippen LogP) is 4.99. The van der Waals surface area contributed by atoms with Crippen molar-refractivity contribution < 1.29 is 4.39 Å². The predicted molar refractivity (Wildman–Crippen MR) is 90.3 cm³/mol. The van der Waals surface area contributed by atoms with Gasteiger partial charge in [0.2, 0.25) is 0 Å². The van der Waals surface area contributed by atoms with Gasteiger partial charge in [0, 0.05) is 16.6 Å². The van der Waals surface area contributed by atoms with Crippen molar-refractivity contribution in [1.82, 2.24) is 14.8 Å². The van der Waals surface area contributed by atoms with Gasteiger partial charge in [-0.2, -0.15) is 5.10 Å². The average molecular weight is 346 g/mol. The number of aromatic nitrogens is 3. The molecule has 1 fully saturated rings. The molecule has 1 N–H and O–H groups in total. The maximum absolute atomic E-state index is 13.1. The summed E-state index contributed by atoms with van der Waals surface area (Å²) in [7, 11) is 0. The summed E-state index contributed by atoms with van der Waals surface area (Å²) in [6, 6.07) is 14.2. The van der Waals surface area contributed by atoms with Gasteiger partial charge >= 0.3 is 0 Å². The van der Waals surface area contributed by atoms with E-state index in [9.17, 15) is 4.39 Å². The summed E-state index contributed by atoms with van der Waals surface area (Å²) in [6.07, 6.45) is 1.02. The first-order valence-electron chi connectivity index (χ1n) is 7.32. The van der Waals surface area contributed by atoms with Crippen molar-refractivity contribution in [3.8, 4) is 5.69 Å². The number of hydrogen-bond donors (Lipinski definition) is 1. The van der Waals surface area contributed by atoms with E-state index in [0.29, 0.717) is 16.6 Å². The van der Waals surface area contributed by atoms with Gasteiger partial charge in [-0.3, -0.25) is 9.67 Å². The Morgan fingerprint density at radius 1 is 1.09 bits per heavy atom. The molecule has 0 spiro atoms. The molecule has 1 aliphatic carbocycles. The van der Waals surface area contributed by atoms with Gasteiger partial charge in [-0.15, -0.1) is 0 Å². The Morgan fingerprint density at radius 2 is 1.78 bits per heavy atom. The number of H-pyrrole nitrogens is 1. The van der Waals surface area contributed by atoms with Crippen LogP contribution in [0.15, 0.2) is 48.5 Å². The van der Waals surface area contributed by atoms with E-state index < -0.39 is 0 Å². The van der Waals surface area contributed by atoms with Crippen LogP contribution in [0.5, 0.6) is 0 Å². The highest BCUT2D eigenvalue weighted by molar-refractivity contribution is 7.71. The third-order valence-corrected chi connectivity index (χ3v) is 4.73. The Hall–Kier alpha value is -1.98. The third kappa shape index (κ3) is 2.71. The first-order chi connectivity index (χ1) is 11.1. The number of nitrogens with zero attached hydrogens (tertiary/aromatic N) is 2. The molecule has 2 unspecified atom stereocenters. The zero-order valence-corrected chi connectivity index (χ0v) is 13.6. The summed E-state index contributed by atoms with van der Waals surface area (Å²) in [5, 5.41) is 7.99. The molecule has 0 amide bonds. The van der Waals surface area contributed by atoms with Crippen molar-refractivity contribution in [3.05, 3.63) is 75.5 Å². The van der Waals surface area contributed by atoms with E-state index in [4.69, 9.17) is 23.8 Å². The van der Waals surface area contributed by atoms with Crippen LogP contribution in [-0.4, -0.2) is 14.8 Å². The molecule has 1 aromatic heterocycles.